The fraction of sp³-hybridized carbons (Fsp3) is 0.524. The van der Waals surface area contributed by atoms with E-state index in [9.17, 15) is 4.79 Å². The number of amides is 1. The second-order valence-electron chi connectivity index (χ2n) is 8.01. The molecule has 2 fully saturated rings. The average Bonchev–Trinajstić information content (AvgIpc) is 3.40. The Balaban J connectivity index is 1.23. The van der Waals surface area contributed by atoms with Crippen LogP contribution in [0.5, 0.6) is 5.88 Å². The van der Waals surface area contributed by atoms with Crippen molar-refractivity contribution in [1.82, 2.24) is 14.7 Å². The van der Waals surface area contributed by atoms with Gasteiger partial charge < -0.3 is 9.64 Å². The number of carbonyl (C=O) groups is 1. The van der Waals surface area contributed by atoms with E-state index in [0.29, 0.717) is 30.9 Å². The Hall–Kier alpha value is -2.30. The van der Waals surface area contributed by atoms with Crippen molar-refractivity contribution >= 4 is 5.91 Å². The third-order valence-electron chi connectivity index (χ3n) is 6.37. The number of ether oxygens (including phenoxy) is 1. The molecular formula is C21H25N3O2. The standard InChI is InChI=1S/C21H25N3O2/c25-21(19-11-16-6-7-17(19)10-16)23-8-9-24-18(13-23)12-20(22-24)26-14-15-4-2-1-3-5-15/h1-5,12,16-17,19H,6-11,13-14H2. The Morgan fingerprint density at radius 1 is 1.15 bits per heavy atom. The van der Waals surface area contributed by atoms with Crippen molar-refractivity contribution in [2.24, 2.45) is 17.8 Å². The molecule has 26 heavy (non-hydrogen) atoms. The van der Waals surface area contributed by atoms with Crippen LogP contribution in [0.2, 0.25) is 0 Å². The zero-order valence-electron chi connectivity index (χ0n) is 15.0. The van der Waals surface area contributed by atoms with E-state index in [1.54, 1.807) is 0 Å². The van der Waals surface area contributed by atoms with Crippen molar-refractivity contribution < 1.29 is 9.53 Å². The number of nitrogens with zero attached hydrogens (tertiary/aromatic N) is 3. The van der Waals surface area contributed by atoms with E-state index in [1.807, 2.05) is 46.0 Å². The fourth-order valence-corrected chi connectivity index (χ4v) is 5.01. The van der Waals surface area contributed by atoms with Gasteiger partial charge in [0.05, 0.1) is 18.8 Å². The number of benzene rings is 1. The van der Waals surface area contributed by atoms with Gasteiger partial charge in [-0.25, -0.2) is 0 Å². The quantitative estimate of drug-likeness (QED) is 0.850. The van der Waals surface area contributed by atoms with Crippen LogP contribution in [0.3, 0.4) is 0 Å². The lowest BCUT2D eigenvalue weighted by atomic mass is 9.87. The van der Waals surface area contributed by atoms with Crippen LogP contribution in [0.15, 0.2) is 36.4 Å². The highest BCUT2D eigenvalue weighted by Gasteiger charge is 2.44. The summed E-state index contributed by atoms with van der Waals surface area (Å²) >= 11 is 0. The summed E-state index contributed by atoms with van der Waals surface area (Å²) in [4.78, 5) is 15.0. The monoisotopic (exact) mass is 351 g/mol. The summed E-state index contributed by atoms with van der Waals surface area (Å²) < 4.78 is 7.84. The second kappa shape index (κ2) is 6.45. The van der Waals surface area contributed by atoms with E-state index in [4.69, 9.17) is 4.74 Å². The number of carbonyl (C=O) groups excluding carboxylic acids is 1. The predicted molar refractivity (Wildman–Crippen MR) is 97.4 cm³/mol. The van der Waals surface area contributed by atoms with Gasteiger partial charge in [0.2, 0.25) is 11.8 Å². The van der Waals surface area contributed by atoms with E-state index in [-0.39, 0.29) is 5.92 Å². The third-order valence-corrected chi connectivity index (χ3v) is 6.37. The van der Waals surface area contributed by atoms with Gasteiger partial charge in [-0.3, -0.25) is 9.48 Å². The van der Waals surface area contributed by atoms with Crippen molar-refractivity contribution in [3.8, 4) is 5.88 Å². The van der Waals surface area contributed by atoms with Crippen LogP contribution >= 0.6 is 0 Å². The van der Waals surface area contributed by atoms with Crippen molar-refractivity contribution in [1.29, 1.82) is 0 Å². The molecule has 5 heteroatoms. The first-order chi connectivity index (χ1) is 12.8. The van der Waals surface area contributed by atoms with E-state index in [1.165, 1.54) is 19.3 Å². The van der Waals surface area contributed by atoms with Crippen molar-refractivity contribution in [3.05, 3.63) is 47.7 Å². The van der Waals surface area contributed by atoms with Crippen molar-refractivity contribution in [2.75, 3.05) is 6.54 Å². The van der Waals surface area contributed by atoms with Crippen LogP contribution in [-0.4, -0.2) is 27.1 Å². The lowest BCUT2D eigenvalue weighted by molar-refractivity contribution is -0.138. The van der Waals surface area contributed by atoms with Crippen LogP contribution in [0.25, 0.3) is 0 Å². The molecule has 1 amide bonds. The lowest BCUT2D eigenvalue weighted by Gasteiger charge is -2.32. The molecule has 3 aliphatic rings. The fourth-order valence-electron chi connectivity index (χ4n) is 5.01. The first-order valence-electron chi connectivity index (χ1n) is 9.78. The highest BCUT2D eigenvalue weighted by molar-refractivity contribution is 5.79. The first-order valence-corrected chi connectivity index (χ1v) is 9.78. The molecule has 1 aromatic carbocycles. The zero-order valence-corrected chi connectivity index (χ0v) is 15.0. The number of rotatable bonds is 4. The van der Waals surface area contributed by atoms with Gasteiger partial charge in [-0.05, 0) is 36.7 Å². The van der Waals surface area contributed by atoms with Crippen molar-refractivity contribution in [3.63, 3.8) is 0 Å². The minimum atomic E-state index is 0.275. The maximum atomic E-state index is 13.0. The van der Waals surface area contributed by atoms with Gasteiger partial charge in [0.1, 0.15) is 6.61 Å². The van der Waals surface area contributed by atoms with Crippen molar-refractivity contribution in [2.45, 2.75) is 45.4 Å². The van der Waals surface area contributed by atoms with Crippen LogP contribution in [0.4, 0.5) is 0 Å². The van der Waals surface area contributed by atoms with Gasteiger partial charge in [-0.2, -0.15) is 0 Å². The summed E-state index contributed by atoms with van der Waals surface area (Å²) in [6.45, 7) is 2.70. The summed E-state index contributed by atoms with van der Waals surface area (Å²) in [7, 11) is 0. The predicted octanol–water partition coefficient (Wildman–Crippen LogP) is 3.24. The Morgan fingerprint density at radius 2 is 2.04 bits per heavy atom. The Labute approximate surface area is 153 Å². The first kappa shape index (κ1) is 15.9. The Kier molecular flexibility index (Phi) is 3.95. The third kappa shape index (κ3) is 2.89. The Morgan fingerprint density at radius 3 is 2.81 bits per heavy atom. The molecular weight excluding hydrogens is 326 g/mol. The molecule has 2 aliphatic carbocycles. The summed E-state index contributed by atoms with van der Waals surface area (Å²) in [6, 6.07) is 12.1. The normalized spacial score (nSPS) is 26.8. The van der Waals surface area contributed by atoms with E-state index in [2.05, 4.69) is 5.10 Å². The largest absolute Gasteiger partial charge is 0.472 e. The topological polar surface area (TPSA) is 47.4 Å². The summed E-state index contributed by atoms with van der Waals surface area (Å²) in [5.41, 5.74) is 2.21. The molecule has 0 N–H and O–H groups in total. The van der Waals surface area contributed by atoms with Crippen LogP contribution < -0.4 is 4.74 Å². The number of fused-ring (bicyclic) bond motifs is 3. The molecule has 136 valence electrons. The molecule has 1 aromatic heterocycles. The van der Waals surface area contributed by atoms with Gasteiger partial charge in [-0.1, -0.05) is 36.8 Å². The molecule has 2 aromatic rings. The highest BCUT2D eigenvalue weighted by atomic mass is 16.5. The molecule has 5 nitrogen and oxygen atoms in total. The van der Waals surface area contributed by atoms with Crippen LogP contribution in [0, 0.1) is 17.8 Å². The Bertz CT molecular complexity index is 801. The minimum Gasteiger partial charge on any atom is -0.472 e. The average molecular weight is 351 g/mol. The van der Waals surface area contributed by atoms with E-state index < -0.39 is 0 Å². The molecule has 0 saturated heterocycles. The molecule has 0 spiro atoms. The maximum Gasteiger partial charge on any atom is 0.233 e. The van der Waals surface area contributed by atoms with Gasteiger partial charge in [0.25, 0.3) is 0 Å². The van der Waals surface area contributed by atoms with E-state index in [0.717, 1.165) is 36.7 Å². The molecule has 0 radical (unpaired) electrons. The molecule has 2 bridgehead atoms. The maximum absolute atomic E-state index is 13.0. The minimum absolute atomic E-state index is 0.275. The van der Waals surface area contributed by atoms with Gasteiger partial charge in [0.15, 0.2) is 0 Å². The summed E-state index contributed by atoms with van der Waals surface area (Å²) in [5.74, 6) is 2.75. The number of hydrogen-bond acceptors (Lipinski definition) is 3. The summed E-state index contributed by atoms with van der Waals surface area (Å²) in [6.07, 6.45) is 4.98. The zero-order chi connectivity index (χ0) is 17.5. The molecule has 2 saturated carbocycles. The number of hydrogen-bond donors (Lipinski definition) is 0. The molecule has 2 heterocycles. The lowest BCUT2D eigenvalue weighted by Crippen LogP contribution is -2.42. The van der Waals surface area contributed by atoms with Gasteiger partial charge in [-0.15, -0.1) is 5.10 Å². The SMILES string of the molecule is O=C(C1CC2CCC1C2)N1CCn2nc(OCc3ccccc3)cc2C1. The smallest absolute Gasteiger partial charge is 0.233 e. The second-order valence-corrected chi connectivity index (χ2v) is 8.01. The van der Waals surface area contributed by atoms with Gasteiger partial charge >= 0.3 is 0 Å². The molecule has 5 rings (SSSR count). The van der Waals surface area contributed by atoms with E-state index >= 15 is 0 Å². The summed E-state index contributed by atoms with van der Waals surface area (Å²) in [5, 5.41) is 4.55. The molecule has 3 atom stereocenters. The number of aromatic nitrogens is 2. The van der Waals surface area contributed by atoms with Crippen LogP contribution in [-0.2, 0) is 24.5 Å². The van der Waals surface area contributed by atoms with Gasteiger partial charge in [0, 0.05) is 18.5 Å². The molecule has 1 aliphatic heterocycles. The molecule has 3 unspecified atom stereocenters. The highest BCUT2D eigenvalue weighted by Crippen LogP contribution is 2.49. The van der Waals surface area contributed by atoms with Crippen LogP contribution in [0.1, 0.15) is 36.9 Å².